The van der Waals surface area contributed by atoms with Crippen molar-refractivity contribution in [2.24, 2.45) is 5.92 Å². The molecular weight excluding hydrogens is 360 g/mol. The zero-order chi connectivity index (χ0) is 21.3. The van der Waals surface area contributed by atoms with Crippen LogP contribution in [-0.4, -0.2) is 42.8 Å². The molecule has 3 atom stereocenters. The summed E-state index contributed by atoms with van der Waals surface area (Å²) in [4.78, 5) is 37.2. The van der Waals surface area contributed by atoms with Crippen molar-refractivity contribution >= 4 is 18.0 Å². The predicted octanol–water partition coefficient (Wildman–Crippen LogP) is 2.83. The van der Waals surface area contributed by atoms with Gasteiger partial charge in [-0.1, -0.05) is 50.6 Å². The van der Waals surface area contributed by atoms with E-state index in [0.29, 0.717) is 12.8 Å². The standard InChI is InChI=1S/C21H32N2O5/c1-7-14(2)17(23-20(26)28-21(3,4)5)18(24)22-16(19(25)27-6)13-15-11-9-8-10-12-15/h8-12,14,16-17H,7,13H2,1-6H3,(H,22,24)(H,23,26)/t14-,16+,17-/m1/s1. The first-order chi connectivity index (χ1) is 13.1. The van der Waals surface area contributed by atoms with Crippen molar-refractivity contribution in [3.8, 4) is 0 Å². The average Bonchev–Trinajstić information content (AvgIpc) is 2.63. The van der Waals surface area contributed by atoms with Crippen LogP contribution in [0.25, 0.3) is 0 Å². The lowest BCUT2D eigenvalue weighted by Crippen LogP contribution is -2.55. The number of rotatable bonds is 8. The molecule has 0 aliphatic heterocycles. The van der Waals surface area contributed by atoms with Crippen LogP contribution in [0.15, 0.2) is 30.3 Å². The highest BCUT2D eigenvalue weighted by molar-refractivity contribution is 5.90. The van der Waals surface area contributed by atoms with E-state index in [0.717, 1.165) is 5.56 Å². The monoisotopic (exact) mass is 392 g/mol. The lowest BCUT2D eigenvalue weighted by atomic mass is 9.97. The lowest BCUT2D eigenvalue weighted by Gasteiger charge is -2.27. The van der Waals surface area contributed by atoms with E-state index in [1.807, 2.05) is 44.2 Å². The van der Waals surface area contributed by atoms with Crippen LogP contribution in [0.5, 0.6) is 0 Å². The zero-order valence-electron chi connectivity index (χ0n) is 17.6. The molecule has 1 aromatic carbocycles. The fourth-order valence-electron chi connectivity index (χ4n) is 2.58. The van der Waals surface area contributed by atoms with Gasteiger partial charge in [-0.05, 0) is 32.3 Å². The third kappa shape index (κ3) is 7.98. The quantitative estimate of drug-likeness (QED) is 0.664. The number of alkyl carbamates (subject to hydrolysis) is 1. The van der Waals surface area contributed by atoms with Gasteiger partial charge in [-0.2, -0.15) is 0 Å². The van der Waals surface area contributed by atoms with Crippen LogP contribution in [0.1, 0.15) is 46.6 Å². The molecule has 7 nitrogen and oxygen atoms in total. The van der Waals surface area contributed by atoms with Gasteiger partial charge in [0, 0.05) is 6.42 Å². The molecular formula is C21H32N2O5. The van der Waals surface area contributed by atoms with E-state index < -0.39 is 35.7 Å². The van der Waals surface area contributed by atoms with Crippen molar-refractivity contribution in [2.75, 3.05) is 7.11 Å². The van der Waals surface area contributed by atoms with Crippen molar-refractivity contribution in [2.45, 2.75) is 65.1 Å². The smallest absolute Gasteiger partial charge is 0.408 e. The molecule has 28 heavy (non-hydrogen) atoms. The van der Waals surface area contributed by atoms with Gasteiger partial charge in [-0.25, -0.2) is 9.59 Å². The van der Waals surface area contributed by atoms with E-state index in [2.05, 4.69) is 10.6 Å². The summed E-state index contributed by atoms with van der Waals surface area (Å²) in [5, 5.41) is 5.34. The van der Waals surface area contributed by atoms with Gasteiger partial charge in [0.1, 0.15) is 17.7 Å². The molecule has 0 aromatic heterocycles. The van der Waals surface area contributed by atoms with E-state index in [4.69, 9.17) is 9.47 Å². The molecule has 0 bridgehead atoms. The minimum Gasteiger partial charge on any atom is -0.467 e. The maximum atomic E-state index is 12.9. The number of hydrogen-bond acceptors (Lipinski definition) is 5. The van der Waals surface area contributed by atoms with Crippen molar-refractivity contribution in [3.05, 3.63) is 35.9 Å². The normalized spacial score (nSPS) is 14.4. The molecule has 0 saturated carbocycles. The zero-order valence-corrected chi connectivity index (χ0v) is 17.6. The summed E-state index contributed by atoms with van der Waals surface area (Å²) >= 11 is 0. The molecule has 2 N–H and O–H groups in total. The Hall–Kier alpha value is -2.57. The third-order valence-electron chi connectivity index (χ3n) is 4.25. The van der Waals surface area contributed by atoms with E-state index in [1.54, 1.807) is 20.8 Å². The van der Waals surface area contributed by atoms with Gasteiger partial charge in [0.25, 0.3) is 0 Å². The second kappa shape index (κ2) is 10.7. The highest BCUT2D eigenvalue weighted by Crippen LogP contribution is 2.12. The van der Waals surface area contributed by atoms with Crippen molar-refractivity contribution in [1.29, 1.82) is 0 Å². The van der Waals surface area contributed by atoms with Crippen LogP contribution < -0.4 is 10.6 Å². The van der Waals surface area contributed by atoms with E-state index in [9.17, 15) is 14.4 Å². The molecule has 7 heteroatoms. The molecule has 1 rings (SSSR count). The molecule has 0 saturated heterocycles. The molecule has 1 aromatic rings. The minimum absolute atomic E-state index is 0.150. The predicted molar refractivity (Wildman–Crippen MR) is 107 cm³/mol. The Morgan fingerprint density at radius 1 is 1.07 bits per heavy atom. The van der Waals surface area contributed by atoms with Gasteiger partial charge in [0.15, 0.2) is 0 Å². The SMILES string of the molecule is CC[C@@H](C)[C@@H](NC(=O)OC(C)(C)C)C(=O)N[C@@H](Cc1ccccc1)C(=O)OC. The van der Waals surface area contributed by atoms with E-state index >= 15 is 0 Å². The number of amides is 2. The van der Waals surface area contributed by atoms with Gasteiger partial charge in [0.05, 0.1) is 7.11 Å². The van der Waals surface area contributed by atoms with Crippen LogP contribution in [0, 0.1) is 5.92 Å². The number of methoxy groups -OCH3 is 1. The number of benzene rings is 1. The summed E-state index contributed by atoms with van der Waals surface area (Å²) in [6.45, 7) is 9.02. The molecule has 2 amide bonds. The fraction of sp³-hybridized carbons (Fsp3) is 0.571. The van der Waals surface area contributed by atoms with Gasteiger partial charge >= 0.3 is 12.1 Å². The Balaban J connectivity index is 2.92. The first kappa shape index (κ1) is 23.5. The number of hydrogen-bond donors (Lipinski definition) is 2. The molecule has 0 fully saturated rings. The summed E-state index contributed by atoms with van der Waals surface area (Å²) in [6, 6.07) is 7.64. The third-order valence-corrected chi connectivity index (χ3v) is 4.25. The first-order valence-corrected chi connectivity index (χ1v) is 9.49. The van der Waals surface area contributed by atoms with Gasteiger partial charge in [-0.15, -0.1) is 0 Å². The Morgan fingerprint density at radius 2 is 1.68 bits per heavy atom. The first-order valence-electron chi connectivity index (χ1n) is 9.49. The molecule has 0 heterocycles. The van der Waals surface area contributed by atoms with Crippen LogP contribution in [0.3, 0.4) is 0 Å². The van der Waals surface area contributed by atoms with E-state index in [-0.39, 0.29) is 5.92 Å². The molecule has 0 spiro atoms. The Kier molecular flexibility index (Phi) is 8.96. The maximum absolute atomic E-state index is 12.9. The summed E-state index contributed by atoms with van der Waals surface area (Å²) in [5.41, 5.74) is 0.209. The second-order valence-electron chi connectivity index (χ2n) is 7.78. The van der Waals surface area contributed by atoms with Crippen LogP contribution in [0.4, 0.5) is 4.79 Å². The summed E-state index contributed by atoms with van der Waals surface area (Å²) < 4.78 is 10.1. The van der Waals surface area contributed by atoms with Crippen molar-refractivity contribution < 1.29 is 23.9 Å². The molecule has 0 radical (unpaired) electrons. The lowest BCUT2D eigenvalue weighted by molar-refractivity contribution is -0.145. The highest BCUT2D eigenvalue weighted by atomic mass is 16.6. The number of esters is 1. The molecule has 156 valence electrons. The van der Waals surface area contributed by atoms with Crippen LogP contribution in [-0.2, 0) is 25.5 Å². The summed E-state index contributed by atoms with van der Waals surface area (Å²) in [6.07, 6.45) is 0.277. The summed E-state index contributed by atoms with van der Waals surface area (Å²) in [5.74, 6) is -1.15. The Bertz CT molecular complexity index is 655. The van der Waals surface area contributed by atoms with Gasteiger partial charge in [0.2, 0.25) is 5.91 Å². The van der Waals surface area contributed by atoms with Crippen LogP contribution in [0.2, 0.25) is 0 Å². The number of carbonyl (C=O) groups is 3. The number of carbonyl (C=O) groups excluding carboxylic acids is 3. The topological polar surface area (TPSA) is 93.7 Å². The van der Waals surface area contributed by atoms with E-state index in [1.165, 1.54) is 7.11 Å². The van der Waals surface area contributed by atoms with Crippen molar-refractivity contribution in [1.82, 2.24) is 10.6 Å². The fourth-order valence-corrected chi connectivity index (χ4v) is 2.58. The van der Waals surface area contributed by atoms with Crippen LogP contribution >= 0.6 is 0 Å². The number of ether oxygens (including phenoxy) is 2. The molecule has 0 unspecified atom stereocenters. The Morgan fingerprint density at radius 3 is 2.18 bits per heavy atom. The van der Waals surface area contributed by atoms with Gasteiger partial charge < -0.3 is 20.1 Å². The molecule has 0 aliphatic rings. The average molecular weight is 392 g/mol. The molecule has 0 aliphatic carbocycles. The van der Waals surface area contributed by atoms with Crippen molar-refractivity contribution in [3.63, 3.8) is 0 Å². The maximum Gasteiger partial charge on any atom is 0.408 e. The Labute approximate surface area is 167 Å². The second-order valence-corrected chi connectivity index (χ2v) is 7.78. The minimum atomic E-state index is -0.855. The summed E-state index contributed by atoms with van der Waals surface area (Å²) in [7, 11) is 1.28. The largest absolute Gasteiger partial charge is 0.467 e. The highest BCUT2D eigenvalue weighted by Gasteiger charge is 2.31. The number of nitrogens with one attached hydrogen (secondary N) is 2. The van der Waals surface area contributed by atoms with Gasteiger partial charge in [-0.3, -0.25) is 4.79 Å².